The van der Waals surface area contributed by atoms with E-state index < -0.39 is 0 Å². The van der Waals surface area contributed by atoms with Crippen LogP contribution in [-0.4, -0.2) is 54.2 Å². The molecule has 1 amide bonds. The Labute approximate surface area is 153 Å². The summed E-state index contributed by atoms with van der Waals surface area (Å²) in [5, 5.41) is 0. The zero-order valence-electron chi connectivity index (χ0n) is 15.2. The third kappa shape index (κ3) is 3.38. The minimum Gasteiger partial charge on any atom is -0.480 e. The van der Waals surface area contributed by atoms with Gasteiger partial charge in [-0.2, -0.15) is 0 Å². The van der Waals surface area contributed by atoms with Gasteiger partial charge < -0.3 is 14.4 Å². The molecule has 0 N–H and O–H groups in total. The maximum Gasteiger partial charge on any atom is 0.235 e. The van der Waals surface area contributed by atoms with Crippen LogP contribution in [-0.2, 0) is 16.0 Å². The molecule has 2 aliphatic heterocycles. The van der Waals surface area contributed by atoms with Crippen molar-refractivity contribution in [2.75, 3.05) is 33.4 Å². The molecule has 1 atom stereocenters. The molecule has 2 aromatic rings. The predicted molar refractivity (Wildman–Crippen MR) is 98.1 cm³/mol. The Bertz CT molecular complexity index is 802. The van der Waals surface area contributed by atoms with E-state index in [0.717, 1.165) is 55.9 Å². The molecule has 3 heterocycles. The fourth-order valence-corrected chi connectivity index (χ4v) is 4.12. The first kappa shape index (κ1) is 17.2. The molecule has 1 aromatic carbocycles. The van der Waals surface area contributed by atoms with Crippen LogP contribution in [0.3, 0.4) is 0 Å². The SMILES string of the molecule is COc1nc2ccccc2nc1CCC(=O)N1CCC[C@@]2(CCOC2)C1. The summed E-state index contributed by atoms with van der Waals surface area (Å²) in [6.45, 7) is 3.29. The summed E-state index contributed by atoms with van der Waals surface area (Å²) in [4.78, 5) is 24.0. The van der Waals surface area contributed by atoms with Crippen molar-refractivity contribution >= 4 is 16.9 Å². The third-order valence-corrected chi connectivity index (χ3v) is 5.57. The van der Waals surface area contributed by atoms with Crippen LogP contribution < -0.4 is 4.74 Å². The van der Waals surface area contributed by atoms with Crippen LogP contribution >= 0.6 is 0 Å². The number of amides is 1. The zero-order chi connectivity index (χ0) is 18.0. The number of nitrogens with zero attached hydrogens (tertiary/aromatic N) is 3. The lowest BCUT2D eigenvalue weighted by molar-refractivity contribution is -0.134. The van der Waals surface area contributed by atoms with Crippen LogP contribution in [0.5, 0.6) is 5.88 Å². The first-order chi connectivity index (χ1) is 12.7. The van der Waals surface area contributed by atoms with E-state index in [1.807, 2.05) is 29.2 Å². The van der Waals surface area contributed by atoms with E-state index in [4.69, 9.17) is 9.47 Å². The van der Waals surface area contributed by atoms with E-state index in [2.05, 4.69) is 9.97 Å². The molecule has 0 unspecified atom stereocenters. The normalized spacial score (nSPS) is 22.9. The number of hydrogen-bond acceptors (Lipinski definition) is 5. The number of fused-ring (bicyclic) bond motifs is 1. The highest BCUT2D eigenvalue weighted by atomic mass is 16.5. The number of aryl methyl sites for hydroxylation is 1. The summed E-state index contributed by atoms with van der Waals surface area (Å²) in [7, 11) is 1.60. The van der Waals surface area contributed by atoms with Gasteiger partial charge in [-0.25, -0.2) is 9.97 Å². The van der Waals surface area contributed by atoms with Gasteiger partial charge in [-0.05, 0) is 31.4 Å². The summed E-state index contributed by atoms with van der Waals surface area (Å²) in [6, 6.07) is 7.71. The van der Waals surface area contributed by atoms with Gasteiger partial charge in [-0.3, -0.25) is 4.79 Å². The molecule has 0 saturated carbocycles. The lowest BCUT2D eigenvalue weighted by atomic mass is 9.79. The van der Waals surface area contributed by atoms with E-state index >= 15 is 0 Å². The molecule has 4 rings (SSSR count). The van der Waals surface area contributed by atoms with Gasteiger partial charge in [-0.15, -0.1) is 0 Å². The van der Waals surface area contributed by atoms with E-state index in [0.29, 0.717) is 18.7 Å². The molecular formula is C20H25N3O3. The van der Waals surface area contributed by atoms with Gasteiger partial charge in [0.15, 0.2) is 0 Å². The first-order valence-corrected chi connectivity index (χ1v) is 9.34. The Morgan fingerprint density at radius 3 is 2.81 bits per heavy atom. The van der Waals surface area contributed by atoms with Gasteiger partial charge in [0.25, 0.3) is 0 Å². The second kappa shape index (κ2) is 7.19. The molecule has 2 aliphatic rings. The molecular weight excluding hydrogens is 330 g/mol. The van der Waals surface area contributed by atoms with Crippen LogP contribution in [0.2, 0.25) is 0 Å². The Kier molecular flexibility index (Phi) is 4.76. The Hall–Kier alpha value is -2.21. The fourth-order valence-electron chi connectivity index (χ4n) is 4.12. The molecule has 0 bridgehead atoms. The molecule has 2 fully saturated rings. The van der Waals surface area contributed by atoms with Crippen molar-refractivity contribution in [1.29, 1.82) is 0 Å². The van der Waals surface area contributed by atoms with Gasteiger partial charge in [-0.1, -0.05) is 12.1 Å². The molecule has 1 spiro atoms. The van der Waals surface area contributed by atoms with E-state index in [9.17, 15) is 4.79 Å². The number of para-hydroxylation sites is 2. The Morgan fingerprint density at radius 1 is 1.27 bits per heavy atom. The number of likely N-dealkylation sites (tertiary alicyclic amines) is 1. The zero-order valence-corrected chi connectivity index (χ0v) is 15.2. The molecule has 26 heavy (non-hydrogen) atoms. The maximum absolute atomic E-state index is 12.8. The maximum atomic E-state index is 12.8. The van der Waals surface area contributed by atoms with Crippen LogP contribution in [0, 0.1) is 5.41 Å². The summed E-state index contributed by atoms with van der Waals surface area (Å²) in [5.74, 6) is 0.698. The van der Waals surface area contributed by atoms with E-state index in [1.54, 1.807) is 7.11 Å². The van der Waals surface area contributed by atoms with Crippen molar-refractivity contribution < 1.29 is 14.3 Å². The molecule has 0 radical (unpaired) electrons. The fraction of sp³-hybridized carbons (Fsp3) is 0.550. The van der Waals surface area contributed by atoms with E-state index in [1.165, 1.54) is 6.42 Å². The number of carbonyl (C=O) groups is 1. The number of carbonyl (C=O) groups excluding carboxylic acids is 1. The van der Waals surface area contributed by atoms with Crippen molar-refractivity contribution in [2.24, 2.45) is 5.41 Å². The molecule has 2 saturated heterocycles. The van der Waals surface area contributed by atoms with Crippen LogP contribution in [0.1, 0.15) is 31.4 Å². The van der Waals surface area contributed by atoms with Crippen LogP contribution in [0.4, 0.5) is 0 Å². The van der Waals surface area contributed by atoms with Gasteiger partial charge in [0.2, 0.25) is 11.8 Å². The quantitative estimate of drug-likeness (QED) is 0.843. The smallest absolute Gasteiger partial charge is 0.235 e. The summed E-state index contributed by atoms with van der Waals surface area (Å²) in [6.07, 6.45) is 4.27. The average molecular weight is 355 g/mol. The van der Waals surface area contributed by atoms with E-state index in [-0.39, 0.29) is 11.3 Å². The number of rotatable bonds is 4. The standard InChI is InChI=1S/C20H25N3O3/c1-25-19-17(21-15-5-2-3-6-16(15)22-19)7-8-18(24)23-11-4-9-20(13-23)10-12-26-14-20/h2-3,5-6H,4,7-14H2,1H3/t20-/m1/s1. The van der Waals surface area contributed by atoms with Gasteiger partial charge in [0.1, 0.15) is 5.69 Å². The monoisotopic (exact) mass is 355 g/mol. The summed E-state index contributed by atoms with van der Waals surface area (Å²) in [5.41, 5.74) is 2.57. The van der Waals surface area contributed by atoms with Crippen molar-refractivity contribution in [3.63, 3.8) is 0 Å². The topological polar surface area (TPSA) is 64.6 Å². The Morgan fingerprint density at radius 2 is 2.08 bits per heavy atom. The largest absolute Gasteiger partial charge is 0.480 e. The van der Waals surface area contributed by atoms with Crippen molar-refractivity contribution in [3.05, 3.63) is 30.0 Å². The van der Waals surface area contributed by atoms with Crippen molar-refractivity contribution in [2.45, 2.75) is 32.1 Å². The second-order valence-corrected chi connectivity index (χ2v) is 7.39. The summed E-state index contributed by atoms with van der Waals surface area (Å²) < 4.78 is 11.0. The molecule has 6 nitrogen and oxygen atoms in total. The highest BCUT2D eigenvalue weighted by Crippen LogP contribution is 2.37. The summed E-state index contributed by atoms with van der Waals surface area (Å²) >= 11 is 0. The molecule has 1 aromatic heterocycles. The number of aromatic nitrogens is 2. The second-order valence-electron chi connectivity index (χ2n) is 7.39. The average Bonchev–Trinajstić information content (AvgIpc) is 3.12. The van der Waals surface area contributed by atoms with Crippen molar-refractivity contribution in [3.8, 4) is 5.88 Å². The van der Waals surface area contributed by atoms with Crippen LogP contribution in [0.15, 0.2) is 24.3 Å². The predicted octanol–water partition coefficient (Wildman–Crippen LogP) is 2.60. The molecule has 6 heteroatoms. The minimum absolute atomic E-state index is 0.188. The number of methoxy groups -OCH3 is 1. The van der Waals surface area contributed by atoms with Gasteiger partial charge in [0.05, 0.1) is 24.8 Å². The molecule has 0 aliphatic carbocycles. The van der Waals surface area contributed by atoms with Gasteiger partial charge in [0, 0.05) is 38.0 Å². The molecule has 138 valence electrons. The number of ether oxygens (including phenoxy) is 2. The Balaban J connectivity index is 1.45. The number of benzene rings is 1. The lowest BCUT2D eigenvalue weighted by Crippen LogP contribution is -2.46. The lowest BCUT2D eigenvalue weighted by Gasteiger charge is -2.39. The highest BCUT2D eigenvalue weighted by Gasteiger charge is 2.40. The highest BCUT2D eigenvalue weighted by molar-refractivity contribution is 5.77. The minimum atomic E-state index is 0.188. The third-order valence-electron chi connectivity index (χ3n) is 5.57. The first-order valence-electron chi connectivity index (χ1n) is 9.34. The van der Waals surface area contributed by atoms with Gasteiger partial charge >= 0.3 is 0 Å². The number of piperidine rings is 1. The number of hydrogen-bond donors (Lipinski definition) is 0. The van der Waals surface area contributed by atoms with Crippen LogP contribution in [0.25, 0.3) is 11.0 Å². The van der Waals surface area contributed by atoms with Crippen molar-refractivity contribution in [1.82, 2.24) is 14.9 Å².